The lowest BCUT2D eigenvalue weighted by molar-refractivity contribution is 0.283. The number of para-hydroxylation sites is 4. The Morgan fingerprint density at radius 3 is 1.48 bits per heavy atom. The van der Waals surface area contributed by atoms with Crippen LogP contribution in [0.5, 0.6) is 5.75 Å². The fourth-order valence-electron chi connectivity index (χ4n) is 10.2. The second-order valence-electron chi connectivity index (χ2n) is 16.8. The summed E-state index contributed by atoms with van der Waals surface area (Å²) in [6, 6.07) is 80.1. The highest BCUT2D eigenvalue weighted by molar-refractivity contribution is 6.10. The van der Waals surface area contributed by atoms with Gasteiger partial charge in [-0.3, -0.25) is 0 Å². The third-order valence-electron chi connectivity index (χ3n) is 13.2. The van der Waals surface area contributed by atoms with Crippen molar-refractivity contribution >= 4 is 61.6 Å². The molecule has 2 unspecified atom stereocenters. The van der Waals surface area contributed by atoms with Crippen LogP contribution in [-0.4, -0.2) is 10.7 Å². The highest BCUT2D eigenvalue weighted by Crippen LogP contribution is 2.47. The van der Waals surface area contributed by atoms with Gasteiger partial charge in [0.15, 0.2) is 5.42 Å². The number of anilines is 3. The van der Waals surface area contributed by atoms with Crippen molar-refractivity contribution in [3.8, 4) is 39.1 Å². The molecule has 302 valence electrons. The van der Waals surface area contributed by atoms with Crippen molar-refractivity contribution in [1.82, 2.24) is 4.57 Å². The van der Waals surface area contributed by atoms with E-state index in [4.69, 9.17) is 9.15 Å². The van der Waals surface area contributed by atoms with Crippen molar-refractivity contribution in [1.29, 1.82) is 0 Å². The Kier molecular flexibility index (Phi) is 8.31. The lowest BCUT2D eigenvalue weighted by Gasteiger charge is -2.26. The molecule has 0 amide bonds. The Balaban J connectivity index is 0.962. The molecule has 1 aliphatic carbocycles. The molecule has 2 aromatic heterocycles. The molecule has 4 heteroatoms. The smallest absolute Gasteiger partial charge is 0.155 e. The summed E-state index contributed by atoms with van der Waals surface area (Å²) in [5.74, 6) is 0.872. The maximum absolute atomic E-state index is 7.29. The van der Waals surface area contributed by atoms with Gasteiger partial charge in [0.2, 0.25) is 0 Å². The molecule has 0 bridgehead atoms. The molecule has 0 saturated carbocycles. The van der Waals surface area contributed by atoms with Crippen LogP contribution < -0.4 is 20.3 Å². The monoisotopic (exact) mass is 820 g/mol. The zero-order chi connectivity index (χ0) is 42.1. The summed E-state index contributed by atoms with van der Waals surface area (Å²) in [4.78, 5) is 2.33. The summed E-state index contributed by atoms with van der Waals surface area (Å²) in [5, 5.41) is 4.58. The van der Waals surface area contributed by atoms with Gasteiger partial charge in [-0.1, -0.05) is 170 Å². The van der Waals surface area contributed by atoms with E-state index in [2.05, 4.69) is 240 Å². The Bertz CT molecular complexity index is 3540. The van der Waals surface area contributed by atoms with E-state index in [-0.39, 0.29) is 12.0 Å². The Hall–Kier alpha value is -8.34. The first-order valence-corrected chi connectivity index (χ1v) is 22.0. The summed E-state index contributed by atoms with van der Waals surface area (Å²) in [6.45, 7) is 0. The van der Waals surface area contributed by atoms with Gasteiger partial charge >= 0.3 is 0 Å². The van der Waals surface area contributed by atoms with Crippen LogP contribution in [0.15, 0.2) is 229 Å². The van der Waals surface area contributed by atoms with E-state index in [1.165, 1.54) is 38.6 Å². The molecule has 9 aromatic carbocycles. The molecule has 64 heavy (non-hydrogen) atoms. The van der Waals surface area contributed by atoms with Gasteiger partial charge in [0.25, 0.3) is 0 Å². The van der Waals surface area contributed by atoms with E-state index in [1.807, 2.05) is 0 Å². The van der Waals surface area contributed by atoms with Gasteiger partial charge in [-0.15, -0.1) is 0 Å². The molecule has 0 radical (unpaired) electrons. The molecule has 13 rings (SSSR count). The van der Waals surface area contributed by atoms with E-state index < -0.39 is 0 Å². The minimum atomic E-state index is -0.182. The summed E-state index contributed by atoms with van der Waals surface area (Å²) in [7, 11) is 0. The van der Waals surface area contributed by atoms with Crippen LogP contribution in [0.4, 0.5) is 17.1 Å². The third kappa shape index (κ3) is 5.76. The van der Waals surface area contributed by atoms with Crippen molar-refractivity contribution < 1.29 is 9.15 Å². The van der Waals surface area contributed by atoms with Gasteiger partial charge in [-0.25, -0.2) is 0 Å². The Morgan fingerprint density at radius 2 is 0.891 bits per heavy atom. The second kappa shape index (κ2) is 14.6. The number of hydrogen-bond donors (Lipinski definition) is 0. The minimum absolute atomic E-state index is 0.0549. The van der Waals surface area contributed by atoms with Crippen LogP contribution in [0.25, 0.3) is 77.9 Å². The first-order chi connectivity index (χ1) is 31.7. The number of ether oxygens (including phenoxy) is 1. The fourth-order valence-corrected chi connectivity index (χ4v) is 10.2. The first kappa shape index (κ1) is 36.3. The van der Waals surface area contributed by atoms with Crippen LogP contribution in [0.1, 0.15) is 11.5 Å². The van der Waals surface area contributed by atoms with Gasteiger partial charge in [0, 0.05) is 49.6 Å². The predicted octanol–water partition coefficient (Wildman–Crippen LogP) is 14.0. The lowest BCUT2D eigenvalue weighted by atomic mass is 9.87. The van der Waals surface area contributed by atoms with Crippen molar-refractivity contribution in [2.24, 2.45) is 0 Å². The molecule has 3 heterocycles. The zero-order valence-corrected chi connectivity index (χ0v) is 34.8. The molecule has 2 atom stereocenters. The van der Waals surface area contributed by atoms with Gasteiger partial charge in [0.1, 0.15) is 17.4 Å². The van der Waals surface area contributed by atoms with Crippen LogP contribution >= 0.6 is 0 Å². The molecule has 1 aliphatic heterocycles. The third-order valence-corrected chi connectivity index (χ3v) is 13.2. The standard InChI is InChI=1S/C60H40N2O2/c1-3-14-39(15-4-1)41-26-32-44(33-27-41)61(45-34-28-42(29-35-45)40-16-5-2-6-17-40)46-36-30-43(31-37-46)47-21-13-22-50-52-38-56-57(51-20-9-12-25-55(51)63-56)58(60(52)64-59(47)50)62-53-23-10-7-18-48(53)49-19-8-11-24-54(49)62/h1-38,56-57H. The van der Waals surface area contributed by atoms with Crippen molar-refractivity contribution in [3.05, 3.63) is 241 Å². The SMILES string of the molecule is C1=c2c(oc3c(-c4ccc(N(c5ccc(-c6ccccc6)cc5)c5ccc(-c6ccccc6)cc5)cc4)cccc23)=C(n2c3ccccc3c3ccccc32)C2c3ccccc3OC12. The van der Waals surface area contributed by atoms with Gasteiger partial charge < -0.3 is 18.6 Å². The minimum Gasteiger partial charge on any atom is -0.485 e. The molecule has 0 fully saturated rings. The summed E-state index contributed by atoms with van der Waals surface area (Å²) < 4.78 is 16.5. The number of hydrogen-bond acceptors (Lipinski definition) is 3. The second-order valence-corrected chi connectivity index (χ2v) is 16.8. The normalized spacial score (nSPS) is 15.1. The number of furan rings is 1. The Morgan fingerprint density at radius 1 is 0.406 bits per heavy atom. The van der Waals surface area contributed by atoms with Gasteiger partial charge in [0.05, 0.1) is 22.6 Å². The summed E-state index contributed by atoms with van der Waals surface area (Å²) >= 11 is 0. The number of rotatable bonds is 7. The number of benzene rings is 9. The molecular formula is C60H40N2O2. The van der Waals surface area contributed by atoms with E-state index in [1.54, 1.807) is 0 Å². The predicted molar refractivity (Wildman–Crippen MR) is 263 cm³/mol. The number of fused-ring (bicyclic) bond motifs is 9. The fraction of sp³-hybridized carbons (Fsp3) is 0.0333. The molecule has 0 spiro atoms. The molecular weight excluding hydrogens is 781 g/mol. The van der Waals surface area contributed by atoms with Crippen LogP contribution in [-0.2, 0) is 0 Å². The van der Waals surface area contributed by atoms with Crippen molar-refractivity contribution in [3.63, 3.8) is 0 Å². The lowest BCUT2D eigenvalue weighted by Crippen LogP contribution is -2.38. The molecule has 4 nitrogen and oxygen atoms in total. The molecule has 0 saturated heterocycles. The molecule has 0 N–H and O–H groups in total. The van der Waals surface area contributed by atoms with Crippen LogP contribution in [0, 0.1) is 0 Å². The molecule has 2 aliphatic rings. The van der Waals surface area contributed by atoms with E-state index in [0.29, 0.717) is 0 Å². The van der Waals surface area contributed by atoms with E-state index >= 15 is 0 Å². The first-order valence-electron chi connectivity index (χ1n) is 22.0. The molecule has 11 aromatic rings. The number of aromatic nitrogens is 1. The Labute approximate surface area is 370 Å². The number of nitrogens with zero attached hydrogens (tertiary/aromatic N) is 2. The van der Waals surface area contributed by atoms with Crippen LogP contribution in [0.3, 0.4) is 0 Å². The van der Waals surface area contributed by atoms with Crippen molar-refractivity contribution in [2.45, 2.75) is 12.0 Å². The topological polar surface area (TPSA) is 30.5 Å². The van der Waals surface area contributed by atoms with E-state index in [0.717, 1.165) is 72.3 Å². The van der Waals surface area contributed by atoms with Crippen LogP contribution in [0.2, 0.25) is 0 Å². The summed E-state index contributed by atoms with van der Waals surface area (Å²) in [5.41, 5.74) is 16.5. The average Bonchev–Trinajstić information content (AvgIpc) is 4.04. The van der Waals surface area contributed by atoms with E-state index in [9.17, 15) is 0 Å². The average molecular weight is 821 g/mol. The quantitative estimate of drug-likeness (QED) is 0.160. The van der Waals surface area contributed by atoms with Crippen molar-refractivity contribution in [2.75, 3.05) is 4.90 Å². The highest BCUT2D eigenvalue weighted by atomic mass is 16.5. The highest BCUT2D eigenvalue weighted by Gasteiger charge is 2.41. The maximum atomic E-state index is 7.29. The zero-order valence-electron chi connectivity index (χ0n) is 34.8. The van der Waals surface area contributed by atoms with Gasteiger partial charge in [-0.05, 0) is 88.5 Å². The maximum Gasteiger partial charge on any atom is 0.155 e. The largest absolute Gasteiger partial charge is 0.485 e. The van der Waals surface area contributed by atoms with Gasteiger partial charge in [-0.2, -0.15) is 0 Å². The summed E-state index contributed by atoms with van der Waals surface area (Å²) in [6.07, 6.45) is 2.11.